The summed E-state index contributed by atoms with van der Waals surface area (Å²) in [7, 11) is 2.23. The molecular weight excluding hydrogens is 124 g/mol. The molecule has 2 aliphatic rings. The third kappa shape index (κ3) is 0.789. The van der Waals surface area contributed by atoms with E-state index in [-0.39, 0.29) is 0 Å². The number of rotatable bonds is 0. The third-order valence-corrected chi connectivity index (χ3v) is 3.07. The van der Waals surface area contributed by atoms with Crippen LogP contribution in [0.2, 0.25) is 0 Å². The van der Waals surface area contributed by atoms with Gasteiger partial charge in [-0.2, -0.15) is 0 Å². The van der Waals surface area contributed by atoms with E-state index in [4.69, 9.17) is 0 Å². The smallest absolute Gasteiger partial charge is 0.00482 e. The predicted molar refractivity (Wildman–Crippen MR) is 42.0 cm³/mol. The molecule has 0 radical (unpaired) electrons. The van der Waals surface area contributed by atoms with E-state index in [1.165, 1.54) is 26.2 Å². The van der Waals surface area contributed by atoms with Gasteiger partial charge in [0.2, 0.25) is 0 Å². The minimum Gasteiger partial charge on any atom is -0.316 e. The van der Waals surface area contributed by atoms with Gasteiger partial charge in [-0.25, -0.2) is 0 Å². The molecule has 1 N–H and O–H groups in total. The van der Waals surface area contributed by atoms with Crippen LogP contribution in [0, 0.1) is 11.3 Å². The van der Waals surface area contributed by atoms with E-state index in [0.29, 0.717) is 5.41 Å². The normalized spacial score (nSPS) is 48.0. The molecule has 2 aliphatic heterocycles. The highest BCUT2D eigenvalue weighted by Crippen LogP contribution is 2.37. The summed E-state index contributed by atoms with van der Waals surface area (Å²) >= 11 is 0. The number of hydrogen-bond donors (Lipinski definition) is 1. The molecule has 0 bridgehead atoms. The molecule has 2 saturated heterocycles. The fraction of sp³-hybridized carbons (Fsp3) is 1.00. The van der Waals surface area contributed by atoms with Crippen molar-refractivity contribution < 1.29 is 0 Å². The van der Waals surface area contributed by atoms with Gasteiger partial charge in [0.25, 0.3) is 0 Å². The van der Waals surface area contributed by atoms with Crippen molar-refractivity contribution in [3.05, 3.63) is 0 Å². The van der Waals surface area contributed by atoms with Crippen LogP contribution in [0.4, 0.5) is 0 Å². The Morgan fingerprint density at radius 2 is 2.40 bits per heavy atom. The van der Waals surface area contributed by atoms with Gasteiger partial charge in [0.1, 0.15) is 0 Å². The van der Waals surface area contributed by atoms with E-state index >= 15 is 0 Å². The van der Waals surface area contributed by atoms with Crippen LogP contribution in [-0.4, -0.2) is 38.1 Å². The van der Waals surface area contributed by atoms with Gasteiger partial charge in [0.05, 0.1) is 0 Å². The van der Waals surface area contributed by atoms with Crippen LogP contribution in [0.1, 0.15) is 6.92 Å². The monoisotopic (exact) mass is 140 g/mol. The quantitative estimate of drug-likeness (QED) is 0.515. The van der Waals surface area contributed by atoms with Crippen LogP contribution in [0.3, 0.4) is 0 Å². The lowest BCUT2D eigenvalue weighted by atomic mass is 9.83. The van der Waals surface area contributed by atoms with Crippen LogP contribution in [0.25, 0.3) is 0 Å². The van der Waals surface area contributed by atoms with Crippen molar-refractivity contribution in [3.63, 3.8) is 0 Å². The molecule has 0 aromatic rings. The van der Waals surface area contributed by atoms with Gasteiger partial charge in [-0.15, -0.1) is 0 Å². The van der Waals surface area contributed by atoms with Crippen LogP contribution in [0.5, 0.6) is 0 Å². The minimum atomic E-state index is 0.592. The predicted octanol–water partition coefficient (Wildman–Crippen LogP) is 0.157. The number of hydrogen-bond acceptors (Lipinski definition) is 2. The largest absolute Gasteiger partial charge is 0.316 e. The number of nitrogens with one attached hydrogen (secondary N) is 1. The average Bonchev–Trinajstić information content (AvgIpc) is 2.20. The summed E-state index contributed by atoms with van der Waals surface area (Å²) in [4.78, 5) is 2.45. The average molecular weight is 140 g/mol. The molecule has 0 aliphatic carbocycles. The summed E-state index contributed by atoms with van der Waals surface area (Å²) in [6.07, 6.45) is 0. The Kier molecular flexibility index (Phi) is 1.29. The maximum Gasteiger partial charge on any atom is 0.00482 e. The summed E-state index contributed by atoms with van der Waals surface area (Å²) in [5.41, 5.74) is 0.592. The first-order chi connectivity index (χ1) is 4.71. The molecule has 0 amide bonds. The first kappa shape index (κ1) is 6.62. The minimum absolute atomic E-state index is 0.592. The van der Waals surface area contributed by atoms with Crippen LogP contribution in [0.15, 0.2) is 0 Å². The van der Waals surface area contributed by atoms with E-state index < -0.39 is 0 Å². The maximum atomic E-state index is 3.46. The molecule has 10 heavy (non-hydrogen) atoms. The molecule has 2 heteroatoms. The molecule has 2 fully saturated rings. The van der Waals surface area contributed by atoms with Crippen molar-refractivity contribution in [2.45, 2.75) is 6.92 Å². The van der Waals surface area contributed by atoms with E-state index in [2.05, 4.69) is 24.2 Å². The van der Waals surface area contributed by atoms with Gasteiger partial charge in [0, 0.05) is 19.6 Å². The number of likely N-dealkylation sites (tertiary alicyclic amines) is 1. The molecule has 2 rings (SSSR count). The fourth-order valence-electron chi connectivity index (χ4n) is 2.45. The van der Waals surface area contributed by atoms with Crippen molar-refractivity contribution >= 4 is 0 Å². The molecule has 58 valence electrons. The highest BCUT2D eigenvalue weighted by molar-refractivity contribution is 4.99. The Bertz CT molecular complexity index is 146. The Hall–Kier alpha value is -0.0800. The zero-order valence-corrected chi connectivity index (χ0v) is 6.85. The molecule has 0 spiro atoms. The standard InChI is InChI=1S/C8H16N2/c1-8-5-9-3-7(8)4-10(2)6-8/h7,9H,3-6H2,1-2H3/t7-,8-/m1/s1. The molecule has 2 nitrogen and oxygen atoms in total. The Morgan fingerprint density at radius 1 is 1.60 bits per heavy atom. The second-order valence-electron chi connectivity index (χ2n) is 4.18. The van der Waals surface area contributed by atoms with Gasteiger partial charge in [-0.1, -0.05) is 6.92 Å². The molecule has 2 atom stereocenters. The SMILES string of the molecule is CN1C[C@H]2CNC[C@]2(C)C1. The first-order valence-electron chi connectivity index (χ1n) is 4.10. The highest BCUT2D eigenvalue weighted by Gasteiger charge is 2.44. The van der Waals surface area contributed by atoms with E-state index in [9.17, 15) is 0 Å². The van der Waals surface area contributed by atoms with E-state index in [1.54, 1.807) is 0 Å². The molecule has 0 unspecified atom stereocenters. The van der Waals surface area contributed by atoms with Crippen molar-refractivity contribution in [3.8, 4) is 0 Å². The lowest BCUT2D eigenvalue weighted by Gasteiger charge is -2.20. The maximum absolute atomic E-state index is 3.46. The van der Waals surface area contributed by atoms with Gasteiger partial charge in [-0.3, -0.25) is 0 Å². The Balaban J connectivity index is 2.15. The summed E-state index contributed by atoms with van der Waals surface area (Å²) < 4.78 is 0. The molecule has 0 aromatic heterocycles. The van der Waals surface area contributed by atoms with Crippen molar-refractivity contribution in [2.75, 3.05) is 33.2 Å². The second-order valence-corrected chi connectivity index (χ2v) is 4.18. The lowest BCUT2D eigenvalue weighted by Crippen LogP contribution is -2.27. The second kappa shape index (κ2) is 1.95. The van der Waals surface area contributed by atoms with Gasteiger partial charge in [0.15, 0.2) is 0 Å². The van der Waals surface area contributed by atoms with Crippen LogP contribution >= 0.6 is 0 Å². The Morgan fingerprint density at radius 3 is 3.10 bits per heavy atom. The van der Waals surface area contributed by atoms with E-state index in [0.717, 1.165) is 5.92 Å². The fourth-order valence-corrected chi connectivity index (χ4v) is 2.45. The Labute approximate surface area is 62.6 Å². The number of nitrogens with zero attached hydrogens (tertiary/aromatic N) is 1. The van der Waals surface area contributed by atoms with E-state index in [1.807, 2.05) is 0 Å². The topological polar surface area (TPSA) is 15.3 Å². The van der Waals surface area contributed by atoms with Crippen molar-refractivity contribution in [1.29, 1.82) is 0 Å². The summed E-state index contributed by atoms with van der Waals surface area (Å²) in [6.45, 7) is 7.44. The molecule has 0 aromatic carbocycles. The molecular formula is C8H16N2. The van der Waals surface area contributed by atoms with Crippen LogP contribution in [-0.2, 0) is 0 Å². The number of fused-ring (bicyclic) bond motifs is 1. The molecule has 2 heterocycles. The summed E-state index contributed by atoms with van der Waals surface area (Å²) in [5.74, 6) is 0.914. The van der Waals surface area contributed by atoms with Crippen molar-refractivity contribution in [1.82, 2.24) is 10.2 Å². The molecule has 0 saturated carbocycles. The van der Waals surface area contributed by atoms with Gasteiger partial charge < -0.3 is 10.2 Å². The first-order valence-corrected chi connectivity index (χ1v) is 4.10. The van der Waals surface area contributed by atoms with Gasteiger partial charge in [-0.05, 0) is 24.9 Å². The summed E-state index contributed by atoms with van der Waals surface area (Å²) in [6, 6.07) is 0. The highest BCUT2D eigenvalue weighted by atomic mass is 15.2. The van der Waals surface area contributed by atoms with Gasteiger partial charge >= 0.3 is 0 Å². The zero-order chi connectivity index (χ0) is 7.19. The third-order valence-electron chi connectivity index (χ3n) is 3.07. The lowest BCUT2D eigenvalue weighted by molar-refractivity contribution is 0.309. The van der Waals surface area contributed by atoms with Crippen molar-refractivity contribution in [2.24, 2.45) is 11.3 Å². The summed E-state index contributed by atoms with van der Waals surface area (Å²) in [5, 5.41) is 3.46. The zero-order valence-electron chi connectivity index (χ0n) is 6.85. The van der Waals surface area contributed by atoms with Crippen LogP contribution < -0.4 is 5.32 Å².